The van der Waals surface area contributed by atoms with Gasteiger partial charge in [-0.3, -0.25) is 10.1 Å². The molecule has 2 aromatic carbocycles. The van der Waals surface area contributed by atoms with E-state index in [1.54, 1.807) is 24.3 Å². The van der Waals surface area contributed by atoms with E-state index in [2.05, 4.69) is 0 Å². The summed E-state index contributed by atoms with van der Waals surface area (Å²) in [6.45, 7) is 0. The van der Waals surface area contributed by atoms with Crippen LogP contribution in [0.4, 0.5) is 10.1 Å². The summed E-state index contributed by atoms with van der Waals surface area (Å²) >= 11 is 0. The molecule has 2 rings (SSSR count). The summed E-state index contributed by atoms with van der Waals surface area (Å²) in [6.07, 6.45) is 5.86. The number of nitrogens with zero attached hydrogens (tertiary/aromatic N) is 1. The number of halogens is 1. The van der Waals surface area contributed by atoms with Gasteiger partial charge in [-0.2, -0.15) is 0 Å². The van der Waals surface area contributed by atoms with Crippen LogP contribution in [0.5, 0.6) is 5.75 Å². The predicted molar refractivity (Wildman–Crippen MR) is 83.3 cm³/mol. The molecule has 0 aliphatic heterocycles. The molecular formula is C17H12FNO4. The van der Waals surface area contributed by atoms with Gasteiger partial charge in [0.05, 0.1) is 4.92 Å². The van der Waals surface area contributed by atoms with Gasteiger partial charge in [-0.25, -0.2) is 9.18 Å². The zero-order valence-corrected chi connectivity index (χ0v) is 11.9. The number of esters is 1. The Balaban J connectivity index is 1.90. The molecule has 0 aliphatic carbocycles. The topological polar surface area (TPSA) is 69.4 Å². The summed E-state index contributed by atoms with van der Waals surface area (Å²) in [7, 11) is 0. The Morgan fingerprint density at radius 2 is 1.87 bits per heavy atom. The third kappa shape index (κ3) is 5.20. The van der Waals surface area contributed by atoms with Crippen molar-refractivity contribution in [1.82, 2.24) is 0 Å². The first-order chi connectivity index (χ1) is 11.0. The van der Waals surface area contributed by atoms with Crippen LogP contribution in [0.1, 0.15) is 5.56 Å². The van der Waals surface area contributed by atoms with E-state index < -0.39 is 10.9 Å². The van der Waals surface area contributed by atoms with Crippen molar-refractivity contribution < 1.29 is 18.8 Å². The van der Waals surface area contributed by atoms with Crippen molar-refractivity contribution in [1.29, 1.82) is 0 Å². The van der Waals surface area contributed by atoms with E-state index in [1.807, 2.05) is 0 Å². The van der Waals surface area contributed by atoms with Crippen LogP contribution in [0.25, 0.3) is 6.08 Å². The number of carbonyl (C=O) groups excluding carboxylic acids is 1. The Bertz CT molecular complexity index is 766. The lowest BCUT2D eigenvalue weighted by molar-refractivity contribution is -0.384. The van der Waals surface area contributed by atoms with Crippen LogP contribution < -0.4 is 4.74 Å². The first-order valence-corrected chi connectivity index (χ1v) is 6.61. The van der Waals surface area contributed by atoms with E-state index in [0.717, 1.165) is 0 Å². The maximum absolute atomic E-state index is 13.0. The Kier molecular flexibility index (Phi) is 5.35. The molecule has 0 atom stereocenters. The number of non-ortho nitro benzene ring substituents is 1. The van der Waals surface area contributed by atoms with E-state index >= 15 is 0 Å². The minimum absolute atomic E-state index is 0.0848. The Labute approximate surface area is 131 Å². The molecule has 0 aromatic heterocycles. The zero-order chi connectivity index (χ0) is 16.7. The fourth-order valence-corrected chi connectivity index (χ4v) is 1.70. The van der Waals surface area contributed by atoms with E-state index in [1.165, 1.54) is 48.6 Å². The average Bonchev–Trinajstić information content (AvgIpc) is 2.52. The van der Waals surface area contributed by atoms with Gasteiger partial charge in [0.25, 0.3) is 5.69 Å². The SMILES string of the molecule is O=C(C=CC=Cc1cccc(F)c1)Oc1ccc([N+](=O)[O-])cc1. The smallest absolute Gasteiger partial charge is 0.336 e. The third-order valence-electron chi connectivity index (χ3n) is 2.75. The van der Waals surface area contributed by atoms with E-state index in [4.69, 9.17) is 4.74 Å². The molecule has 23 heavy (non-hydrogen) atoms. The van der Waals surface area contributed by atoms with Crippen LogP contribution in [0.15, 0.2) is 66.8 Å². The second-order valence-corrected chi connectivity index (χ2v) is 4.45. The monoisotopic (exact) mass is 313 g/mol. The summed E-state index contributed by atoms with van der Waals surface area (Å²) < 4.78 is 17.9. The van der Waals surface area contributed by atoms with E-state index in [0.29, 0.717) is 5.56 Å². The molecule has 6 heteroatoms. The Morgan fingerprint density at radius 3 is 2.52 bits per heavy atom. The number of hydrogen-bond donors (Lipinski definition) is 0. The number of hydrogen-bond acceptors (Lipinski definition) is 4. The van der Waals surface area contributed by atoms with Gasteiger partial charge < -0.3 is 4.74 Å². The van der Waals surface area contributed by atoms with Gasteiger partial charge in [0.2, 0.25) is 0 Å². The van der Waals surface area contributed by atoms with Crippen molar-refractivity contribution in [2.75, 3.05) is 0 Å². The first-order valence-electron chi connectivity index (χ1n) is 6.61. The highest BCUT2D eigenvalue weighted by atomic mass is 19.1. The molecule has 0 heterocycles. The van der Waals surface area contributed by atoms with Gasteiger partial charge in [-0.05, 0) is 29.8 Å². The van der Waals surface area contributed by atoms with Crippen molar-refractivity contribution in [3.05, 3.63) is 88.3 Å². The highest BCUT2D eigenvalue weighted by molar-refractivity contribution is 5.84. The van der Waals surface area contributed by atoms with Crippen LogP contribution >= 0.6 is 0 Å². The standard InChI is InChI=1S/C17H12FNO4/c18-14-6-3-5-13(12-14)4-1-2-7-17(20)23-16-10-8-15(9-11-16)19(21)22/h1-12H. The summed E-state index contributed by atoms with van der Waals surface area (Å²) in [4.78, 5) is 21.5. The molecule has 0 saturated heterocycles. The molecule has 0 amide bonds. The fourth-order valence-electron chi connectivity index (χ4n) is 1.70. The second kappa shape index (κ2) is 7.65. The first kappa shape index (κ1) is 16.1. The quantitative estimate of drug-likeness (QED) is 0.209. The highest BCUT2D eigenvalue weighted by Crippen LogP contribution is 2.17. The zero-order valence-electron chi connectivity index (χ0n) is 11.9. The molecule has 0 bridgehead atoms. The minimum atomic E-state index is -0.622. The van der Waals surface area contributed by atoms with Crippen molar-refractivity contribution >= 4 is 17.7 Å². The lowest BCUT2D eigenvalue weighted by atomic mass is 10.2. The lowest BCUT2D eigenvalue weighted by Gasteiger charge is -1.99. The number of rotatable bonds is 5. The van der Waals surface area contributed by atoms with Gasteiger partial charge in [0.1, 0.15) is 11.6 Å². The summed E-state index contributed by atoms with van der Waals surface area (Å²) in [6, 6.07) is 11.2. The normalized spacial score (nSPS) is 11.0. The van der Waals surface area contributed by atoms with Crippen LogP contribution in [0, 0.1) is 15.9 Å². The Hall–Kier alpha value is -3.28. The lowest BCUT2D eigenvalue weighted by Crippen LogP contribution is -2.03. The maximum Gasteiger partial charge on any atom is 0.336 e. The molecule has 5 nitrogen and oxygen atoms in total. The van der Waals surface area contributed by atoms with Gasteiger partial charge in [-0.15, -0.1) is 0 Å². The number of benzene rings is 2. The van der Waals surface area contributed by atoms with Crippen molar-refractivity contribution in [3.63, 3.8) is 0 Å². The molecule has 0 N–H and O–H groups in total. The molecule has 0 spiro atoms. The molecule has 116 valence electrons. The molecule has 0 aliphatic rings. The molecule has 0 fully saturated rings. The van der Waals surface area contributed by atoms with Crippen molar-refractivity contribution in [3.8, 4) is 5.75 Å². The largest absolute Gasteiger partial charge is 0.423 e. The van der Waals surface area contributed by atoms with Gasteiger partial charge in [0, 0.05) is 18.2 Å². The van der Waals surface area contributed by atoms with Gasteiger partial charge >= 0.3 is 5.97 Å². The van der Waals surface area contributed by atoms with Crippen LogP contribution in [-0.2, 0) is 4.79 Å². The fraction of sp³-hybridized carbons (Fsp3) is 0. The average molecular weight is 313 g/mol. The number of nitro groups is 1. The summed E-state index contributed by atoms with van der Waals surface area (Å²) in [5, 5.41) is 10.5. The summed E-state index contributed by atoms with van der Waals surface area (Å²) in [5.41, 5.74) is 0.580. The predicted octanol–water partition coefficient (Wildman–Crippen LogP) is 3.91. The van der Waals surface area contributed by atoms with Crippen LogP contribution in [0.3, 0.4) is 0 Å². The number of nitro benzene ring substituents is 1. The van der Waals surface area contributed by atoms with Crippen LogP contribution in [0.2, 0.25) is 0 Å². The molecular weight excluding hydrogens is 301 g/mol. The second-order valence-electron chi connectivity index (χ2n) is 4.45. The maximum atomic E-state index is 13.0. The van der Waals surface area contributed by atoms with E-state index in [-0.39, 0.29) is 17.3 Å². The van der Waals surface area contributed by atoms with Gasteiger partial charge in [0.15, 0.2) is 0 Å². The number of ether oxygens (including phenoxy) is 1. The third-order valence-corrected chi connectivity index (χ3v) is 2.75. The van der Waals surface area contributed by atoms with Crippen molar-refractivity contribution in [2.45, 2.75) is 0 Å². The molecule has 0 radical (unpaired) electrons. The highest BCUT2D eigenvalue weighted by Gasteiger charge is 2.05. The van der Waals surface area contributed by atoms with E-state index in [9.17, 15) is 19.3 Å². The van der Waals surface area contributed by atoms with Crippen LogP contribution in [-0.4, -0.2) is 10.9 Å². The minimum Gasteiger partial charge on any atom is -0.423 e. The number of allylic oxidation sites excluding steroid dienone is 2. The number of carbonyl (C=O) groups is 1. The van der Waals surface area contributed by atoms with Crippen molar-refractivity contribution in [2.24, 2.45) is 0 Å². The summed E-state index contributed by atoms with van der Waals surface area (Å²) in [5.74, 6) is -0.754. The van der Waals surface area contributed by atoms with Gasteiger partial charge in [-0.1, -0.05) is 30.4 Å². The Morgan fingerprint density at radius 1 is 1.13 bits per heavy atom. The molecule has 2 aromatic rings. The molecule has 0 saturated carbocycles. The molecule has 0 unspecified atom stereocenters.